The van der Waals surface area contributed by atoms with E-state index in [0.717, 1.165) is 36.2 Å². The van der Waals surface area contributed by atoms with E-state index in [9.17, 15) is 9.59 Å². The molecule has 1 aliphatic carbocycles. The predicted molar refractivity (Wildman–Crippen MR) is 108 cm³/mol. The van der Waals surface area contributed by atoms with Crippen LogP contribution in [0.25, 0.3) is 5.78 Å². The molecule has 152 valence electrons. The van der Waals surface area contributed by atoms with E-state index in [2.05, 4.69) is 25.7 Å². The van der Waals surface area contributed by atoms with Crippen molar-refractivity contribution in [2.75, 3.05) is 12.8 Å². The van der Waals surface area contributed by atoms with Crippen molar-refractivity contribution in [3.8, 4) is 0 Å². The molecule has 2 amide bonds. The maximum Gasteiger partial charge on any atom is 0.253 e. The van der Waals surface area contributed by atoms with Crippen molar-refractivity contribution in [2.45, 2.75) is 70.0 Å². The average Bonchev–Trinajstić information content (AvgIpc) is 3.09. The molecule has 0 radical (unpaired) electrons. The molecule has 2 aromatic heterocycles. The van der Waals surface area contributed by atoms with Gasteiger partial charge < -0.3 is 10.6 Å². The Morgan fingerprint density at radius 1 is 1.18 bits per heavy atom. The Hall–Kier alpha value is -2.16. The number of hydrogen-bond acceptors (Lipinski definition) is 6. The highest BCUT2D eigenvalue weighted by atomic mass is 32.2. The van der Waals surface area contributed by atoms with Crippen LogP contribution in [0, 0.1) is 13.8 Å². The summed E-state index contributed by atoms with van der Waals surface area (Å²) in [4.78, 5) is 34.5. The van der Waals surface area contributed by atoms with Crippen LogP contribution in [0.4, 0.5) is 0 Å². The number of amides is 2. The molecule has 2 N–H and O–H groups in total. The predicted octanol–water partition coefficient (Wildman–Crippen LogP) is 1.96. The fourth-order valence-electron chi connectivity index (χ4n) is 3.90. The van der Waals surface area contributed by atoms with E-state index in [-0.39, 0.29) is 18.2 Å². The molecule has 1 saturated carbocycles. The van der Waals surface area contributed by atoms with E-state index < -0.39 is 5.54 Å². The third-order valence-electron chi connectivity index (χ3n) is 5.41. The highest BCUT2D eigenvalue weighted by Gasteiger charge is 2.40. The van der Waals surface area contributed by atoms with Crippen molar-refractivity contribution in [1.82, 2.24) is 30.2 Å². The average molecular weight is 405 g/mol. The van der Waals surface area contributed by atoms with Crippen LogP contribution in [0.2, 0.25) is 0 Å². The fraction of sp³-hybridized carbons (Fsp3) is 0.632. The minimum atomic E-state index is -0.802. The van der Waals surface area contributed by atoms with Crippen molar-refractivity contribution in [3.05, 3.63) is 17.0 Å². The quantitative estimate of drug-likeness (QED) is 0.714. The van der Waals surface area contributed by atoms with Gasteiger partial charge in [-0.25, -0.2) is 9.50 Å². The van der Waals surface area contributed by atoms with Gasteiger partial charge in [-0.2, -0.15) is 4.98 Å². The minimum Gasteiger partial charge on any atom is -0.354 e. The van der Waals surface area contributed by atoms with Gasteiger partial charge in [0.05, 0.1) is 6.42 Å². The van der Waals surface area contributed by atoms with Gasteiger partial charge in [-0.1, -0.05) is 31.0 Å². The van der Waals surface area contributed by atoms with Crippen LogP contribution in [0.5, 0.6) is 0 Å². The molecular weight excluding hydrogens is 376 g/mol. The van der Waals surface area contributed by atoms with Crippen LogP contribution in [-0.2, 0) is 16.0 Å². The number of aryl methyl sites for hydroxylation is 2. The Morgan fingerprint density at radius 3 is 2.54 bits per heavy atom. The first-order valence-corrected chi connectivity index (χ1v) is 11.0. The lowest BCUT2D eigenvalue weighted by Gasteiger charge is -2.36. The van der Waals surface area contributed by atoms with Crippen molar-refractivity contribution < 1.29 is 9.59 Å². The SMILES string of the molecule is CCNC(=O)C1(NC(=O)Cc2c(C)nc3nc(SC)nn3c2C)CCCCC1. The molecule has 0 aliphatic heterocycles. The van der Waals surface area contributed by atoms with Crippen molar-refractivity contribution in [2.24, 2.45) is 0 Å². The lowest BCUT2D eigenvalue weighted by Crippen LogP contribution is -2.60. The summed E-state index contributed by atoms with van der Waals surface area (Å²) >= 11 is 1.45. The molecule has 0 saturated heterocycles. The lowest BCUT2D eigenvalue weighted by molar-refractivity contribution is -0.134. The third kappa shape index (κ3) is 3.99. The molecule has 8 nitrogen and oxygen atoms in total. The Balaban J connectivity index is 1.84. The second kappa shape index (κ2) is 8.46. The summed E-state index contributed by atoms with van der Waals surface area (Å²) in [5, 5.41) is 11.0. The zero-order valence-electron chi connectivity index (χ0n) is 17.0. The number of carbonyl (C=O) groups is 2. The van der Waals surface area contributed by atoms with Gasteiger partial charge in [0, 0.05) is 23.5 Å². The largest absolute Gasteiger partial charge is 0.354 e. The third-order valence-corrected chi connectivity index (χ3v) is 5.95. The van der Waals surface area contributed by atoms with Crippen molar-refractivity contribution in [1.29, 1.82) is 0 Å². The minimum absolute atomic E-state index is 0.0778. The van der Waals surface area contributed by atoms with Crippen LogP contribution in [0.1, 0.15) is 56.0 Å². The summed E-state index contributed by atoms with van der Waals surface area (Å²) in [5.74, 6) is 0.297. The standard InChI is InChI=1S/C19H28N6O2S/c1-5-20-16(27)19(9-7-6-8-10-19)23-15(26)11-14-12(2)21-17-22-18(28-4)24-25(17)13(14)3/h5-11H2,1-4H3,(H,20,27)(H,23,26). The number of thioether (sulfide) groups is 1. The van der Waals surface area contributed by atoms with Crippen LogP contribution in [0.3, 0.4) is 0 Å². The molecule has 1 aliphatic rings. The summed E-state index contributed by atoms with van der Waals surface area (Å²) in [6.07, 6.45) is 6.42. The summed E-state index contributed by atoms with van der Waals surface area (Å²) < 4.78 is 1.68. The van der Waals surface area contributed by atoms with Gasteiger partial charge in [0.1, 0.15) is 5.54 Å². The maximum absolute atomic E-state index is 12.9. The van der Waals surface area contributed by atoms with Gasteiger partial charge in [0.15, 0.2) is 0 Å². The highest BCUT2D eigenvalue weighted by molar-refractivity contribution is 7.98. The summed E-state index contributed by atoms with van der Waals surface area (Å²) in [6.45, 7) is 6.25. The summed E-state index contributed by atoms with van der Waals surface area (Å²) in [5.41, 5.74) is 1.63. The molecule has 3 rings (SSSR count). The number of fused-ring (bicyclic) bond motifs is 1. The zero-order valence-corrected chi connectivity index (χ0v) is 17.8. The monoisotopic (exact) mass is 404 g/mol. The Bertz CT molecular complexity index is 888. The molecule has 2 aromatic rings. The van der Waals surface area contributed by atoms with Crippen LogP contribution < -0.4 is 10.6 Å². The summed E-state index contributed by atoms with van der Waals surface area (Å²) in [6, 6.07) is 0. The van der Waals surface area contributed by atoms with Crippen molar-refractivity contribution in [3.63, 3.8) is 0 Å². The van der Waals surface area contributed by atoms with E-state index >= 15 is 0 Å². The van der Waals surface area contributed by atoms with Gasteiger partial charge in [0.2, 0.25) is 17.0 Å². The van der Waals surface area contributed by atoms with E-state index in [1.54, 1.807) is 4.52 Å². The number of nitrogens with zero attached hydrogens (tertiary/aromatic N) is 4. The molecule has 0 unspecified atom stereocenters. The van der Waals surface area contributed by atoms with Gasteiger partial charge in [-0.15, -0.1) is 5.10 Å². The molecule has 0 atom stereocenters. The summed E-state index contributed by atoms with van der Waals surface area (Å²) in [7, 11) is 0. The number of hydrogen-bond donors (Lipinski definition) is 2. The number of carbonyl (C=O) groups excluding carboxylic acids is 2. The Labute approximate surface area is 169 Å². The molecular formula is C19H28N6O2S. The van der Waals surface area contributed by atoms with Crippen LogP contribution in [-0.4, -0.2) is 49.7 Å². The highest BCUT2D eigenvalue weighted by Crippen LogP contribution is 2.29. The first kappa shape index (κ1) is 20.6. The Kier molecular flexibility index (Phi) is 6.22. The van der Waals surface area contributed by atoms with E-state index in [1.165, 1.54) is 11.8 Å². The molecule has 1 fully saturated rings. The molecule has 0 bridgehead atoms. The number of likely N-dealkylation sites (N-methyl/N-ethyl adjacent to an activating group) is 1. The van der Waals surface area contributed by atoms with E-state index in [1.807, 2.05) is 27.0 Å². The molecule has 0 spiro atoms. The number of rotatable bonds is 6. The lowest BCUT2D eigenvalue weighted by atomic mass is 9.80. The smallest absolute Gasteiger partial charge is 0.253 e. The first-order chi connectivity index (χ1) is 13.4. The topological polar surface area (TPSA) is 101 Å². The maximum atomic E-state index is 12.9. The normalized spacial score (nSPS) is 16.1. The second-order valence-electron chi connectivity index (χ2n) is 7.30. The fourth-order valence-corrected chi connectivity index (χ4v) is 4.23. The van der Waals surface area contributed by atoms with Crippen molar-refractivity contribution >= 4 is 29.4 Å². The van der Waals surface area contributed by atoms with Gasteiger partial charge in [0.25, 0.3) is 5.78 Å². The van der Waals surface area contributed by atoms with Crippen LogP contribution in [0.15, 0.2) is 5.16 Å². The zero-order chi connectivity index (χ0) is 20.3. The molecule has 0 aromatic carbocycles. The number of aromatic nitrogens is 4. The number of nitrogens with one attached hydrogen (secondary N) is 2. The van der Waals surface area contributed by atoms with Crippen LogP contribution >= 0.6 is 11.8 Å². The van der Waals surface area contributed by atoms with E-state index in [4.69, 9.17) is 0 Å². The van der Waals surface area contributed by atoms with E-state index in [0.29, 0.717) is 30.3 Å². The second-order valence-corrected chi connectivity index (χ2v) is 8.07. The molecule has 9 heteroatoms. The van der Waals surface area contributed by atoms with Gasteiger partial charge in [-0.05, 0) is 39.9 Å². The van der Waals surface area contributed by atoms with Gasteiger partial charge >= 0.3 is 0 Å². The van der Waals surface area contributed by atoms with Gasteiger partial charge in [-0.3, -0.25) is 9.59 Å². The molecule has 2 heterocycles. The Morgan fingerprint density at radius 2 is 1.89 bits per heavy atom. The first-order valence-electron chi connectivity index (χ1n) is 9.76. The molecule has 28 heavy (non-hydrogen) atoms.